The first-order valence-corrected chi connectivity index (χ1v) is 6.69. The first kappa shape index (κ1) is 12.0. The molecule has 0 aliphatic heterocycles. The molecule has 1 aliphatic rings. The van der Waals surface area contributed by atoms with Gasteiger partial charge in [-0.05, 0) is 38.0 Å². The summed E-state index contributed by atoms with van der Waals surface area (Å²) in [5.41, 5.74) is 1.13. The Bertz CT molecular complexity index is 345. The van der Waals surface area contributed by atoms with Gasteiger partial charge in [-0.3, -0.25) is 4.68 Å². The van der Waals surface area contributed by atoms with Crippen molar-refractivity contribution in [1.82, 2.24) is 9.78 Å². The van der Waals surface area contributed by atoms with Gasteiger partial charge in [0.2, 0.25) is 0 Å². The Labute approximate surface area is 103 Å². The summed E-state index contributed by atoms with van der Waals surface area (Å²) in [7, 11) is 0. The lowest BCUT2D eigenvalue weighted by atomic mass is 9.79. The first-order chi connectivity index (χ1) is 7.58. The van der Waals surface area contributed by atoms with E-state index in [1.54, 1.807) is 0 Å². The number of alkyl halides is 1. The van der Waals surface area contributed by atoms with E-state index in [0.29, 0.717) is 6.04 Å². The van der Waals surface area contributed by atoms with E-state index in [1.165, 1.54) is 19.3 Å². The molecule has 1 saturated carbocycles. The highest BCUT2D eigenvalue weighted by Gasteiger charge is 2.26. The van der Waals surface area contributed by atoms with Gasteiger partial charge in [-0.15, -0.1) is 11.6 Å². The molecule has 1 aromatic heterocycles. The van der Waals surface area contributed by atoms with Crippen molar-refractivity contribution in [2.24, 2.45) is 11.8 Å². The van der Waals surface area contributed by atoms with E-state index < -0.39 is 0 Å². The van der Waals surface area contributed by atoms with Crippen molar-refractivity contribution in [3.8, 4) is 0 Å². The topological polar surface area (TPSA) is 17.8 Å². The molecular weight excluding hydrogens is 220 g/mol. The van der Waals surface area contributed by atoms with Crippen molar-refractivity contribution in [1.29, 1.82) is 0 Å². The van der Waals surface area contributed by atoms with E-state index in [2.05, 4.69) is 29.8 Å². The molecule has 2 rings (SSSR count). The van der Waals surface area contributed by atoms with Crippen molar-refractivity contribution in [2.45, 2.75) is 51.5 Å². The summed E-state index contributed by atoms with van der Waals surface area (Å²) < 4.78 is 2.12. The van der Waals surface area contributed by atoms with Gasteiger partial charge in [0.05, 0.1) is 17.6 Å². The van der Waals surface area contributed by atoms with Gasteiger partial charge in [-0.1, -0.05) is 13.8 Å². The molecule has 0 amide bonds. The third kappa shape index (κ3) is 2.42. The molecule has 90 valence electrons. The van der Waals surface area contributed by atoms with Gasteiger partial charge < -0.3 is 0 Å². The average molecular weight is 241 g/mol. The lowest BCUT2D eigenvalue weighted by Crippen LogP contribution is -2.23. The third-order valence-corrected chi connectivity index (χ3v) is 4.28. The number of hydrogen-bond donors (Lipinski definition) is 0. The van der Waals surface area contributed by atoms with Crippen molar-refractivity contribution >= 4 is 11.6 Å². The predicted octanol–water partition coefficient (Wildman–Crippen LogP) is 4.18. The summed E-state index contributed by atoms with van der Waals surface area (Å²) >= 11 is 6.05. The van der Waals surface area contributed by atoms with Crippen LogP contribution in [0.4, 0.5) is 0 Å². The highest BCUT2D eigenvalue weighted by Crippen LogP contribution is 2.36. The fraction of sp³-hybridized carbons (Fsp3) is 0.769. The molecule has 0 saturated heterocycles. The molecule has 1 fully saturated rings. The molecule has 16 heavy (non-hydrogen) atoms. The Morgan fingerprint density at radius 2 is 2.12 bits per heavy atom. The summed E-state index contributed by atoms with van der Waals surface area (Å²) in [4.78, 5) is 0. The Hall–Kier alpha value is -0.500. The van der Waals surface area contributed by atoms with E-state index in [1.807, 2.05) is 13.1 Å². The zero-order valence-electron chi connectivity index (χ0n) is 10.4. The number of rotatable bonds is 2. The quantitative estimate of drug-likeness (QED) is 0.709. The summed E-state index contributed by atoms with van der Waals surface area (Å²) in [6.07, 6.45) is 7.84. The molecule has 4 unspecified atom stereocenters. The van der Waals surface area contributed by atoms with E-state index in [4.69, 9.17) is 11.6 Å². The second kappa shape index (κ2) is 4.79. The molecule has 3 heteroatoms. The maximum absolute atomic E-state index is 6.05. The van der Waals surface area contributed by atoms with Gasteiger partial charge in [-0.25, -0.2) is 0 Å². The third-order valence-electron chi connectivity index (χ3n) is 4.03. The maximum Gasteiger partial charge on any atom is 0.0588 e. The van der Waals surface area contributed by atoms with Crippen molar-refractivity contribution < 1.29 is 0 Å². The van der Waals surface area contributed by atoms with Crippen LogP contribution in [0.3, 0.4) is 0 Å². The molecule has 0 radical (unpaired) electrons. The zero-order valence-corrected chi connectivity index (χ0v) is 11.1. The summed E-state index contributed by atoms with van der Waals surface area (Å²) in [5.74, 6) is 1.66. The second-order valence-corrected chi connectivity index (χ2v) is 5.95. The van der Waals surface area contributed by atoms with Gasteiger partial charge >= 0.3 is 0 Å². The van der Waals surface area contributed by atoms with Crippen LogP contribution in [-0.4, -0.2) is 9.78 Å². The van der Waals surface area contributed by atoms with Gasteiger partial charge in [0.25, 0.3) is 0 Å². The van der Waals surface area contributed by atoms with Crippen LogP contribution in [0.1, 0.15) is 57.0 Å². The van der Waals surface area contributed by atoms with Crippen LogP contribution >= 0.6 is 11.6 Å². The molecule has 0 spiro atoms. The SMILES string of the molecule is CC(Cl)c1cnn(C2CCC(C)C(C)C2)c1. The smallest absolute Gasteiger partial charge is 0.0588 e. The van der Waals surface area contributed by atoms with Gasteiger partial charge in [-0.2, -0.15) is 5.10 Å². The lowest BCUT2D eigenvalue weighted by Gasteiger charge is -2.32. The van der Waals surface area contributed by atoms with Crippen molar-refractivity contribution in [2.75, 3.05) is 0 Å². The van der Waals surface area contributed by atoms with E-state index in [9.17, 15) is 0 Å². The largest absolute Gasteiger partial charge is 0.269 e. The van der Waals surface area contributed by atoms with Crippen LogP contribution in [0.15, 0.2) is 12.4 Å². The van der Waals surface area contributed by atoms with E-state index in [0.717, 1.165) is 17.4 Å². The fourth-order valence-corrected chi connectivity index (χ4v) is 2.63. The van der Waals surface area contributed by atoms with Crippen LogP contribution in [0.5, 0.6) is 0 Å². The highest BCUT2D eigenvalue weighted by atomic mass is 35.5. The number of halogens is 1. The van der Waals surface area contributed by atoms with Crippen LogP contribution in [-0.2, 0) is 0 Å². The molecule has 0 aromatic carbocycles. The normalized spacial score (nSPS) is 32.6. The van der Waals surface area contributed by atoms with Crippen LogP contribution < -0.4 is 0 Å². The second-order valence-electron chi connectivity index (χ2n) is 5.29. The number of hydrogen-bond acceptors (Lipinski definition) is 1. The first-order valence-electron chi connectivity index (χ1n) is 6.26. The monoisotopic (exact) mass is 240 g/mol. The van der Waals surface area contributed by atoms with Gasteiger partial charge in [0.1, 0.15) is 0 Å². The van der Waals surface area contributed by atoms with Crippen LogP contribution in [0.25, 0.3) is 0 Å². The Morgan fingerprint density at radius 1 is 1.38 bits per heavy atom. The number of aromatic nitrogens is 2. The Kier molecular flexibility index (Phi) is 3.58. The molecule has 0 N–H and O–H groups in total. The number of nitrogens with zero attached hydrogens (tertiary/aromatic N) is 2. The average Bonchev–Trinajstić information content (AvgIpc) is 2.71. The molecule has 0 bridgehead atoms. The van der Waals surface area contributed by atoms with E-state index in [-0.39, 0.29) is 5.38 Å². The maximum atomic E-state index is 6.05. The van der Waals surface area contributed by atoms with Gasteiger partial charge in [0.15, 0.2) is 0 Å². The van der Waals surface area contributed by atoms with Crippen molar-refractivity contribution in [3.63, 3.8) is 0 Å². The standard InChI is InChI=1S/C13H21ClN2/c1-9-4-5-13(6-10(9)2)16-8-12(7-15-16)11(3)14/h7-11,13H,4-6H2,1-3H3. The molecule has 2 nitrogen and oxygen atoms in total. The Balaban J connectivity index is 2.07. The van der Waals surface area contributed by atoms with Gasteiger partial charge in [0, 0.05) is 11.8 Å². The molecular formula is C13H21ClN2. The lowest BCUT2D eigenvalue weighted by molar-refractivity contribution is 0.201. The zero-order chi connectivity index (χ0) is 11.7. The highest BCUT2D eigenvalue weighted by molar-refractivity contribution is 6.20. The fourth-order valence-electron chi connectivity index (χ4n) is 2.52. The molecule has 1 aromatic rings. The minimum Gasteiger partial charge on any atom is -0.269 e. The minimum atomic E-state index is 0.0636. The van der Waals surface area contributed by atoms with Crippen LogP contribution in [0.2, 0.25) is 0 Å². The van der Waals surface area contributed by atoms with Crippen LogP contribution in [0, 0.1) is 11.8 Å². The molecule has 1 heterocycles. The van der Waals surface area contributed by atoms with E-state index >= 15 is 0 Å². The summed E-state index contributed by atoms with van der Waals surface area (Å²) in [6.45, 7) is 6.70. The molecule has 4 atom stereocenters. The molecule has 1 aliphatic carbocycles. The minimum absolute atomic E-state index is 0.0636. The predicted molar refractivity (Wildman–Crippen MR) is 67.7 cm³/mol. The Morgan fingerprint density at radius 3 is 2.69 bits per heavy atom. The summed E-state index contributed by atoms with van der Waals surface area (Å²) in [5, 5.41) is 4.52. The summed E-state index contributed by atoms with van der Waals surface area (Å²) in [6, 6.07) is 0.579. The van der Waals surface area contributed by atoms with Crippen molar-refractivity contribution in [3.05, 3.63) is 18.0 Å².